The molecule has 1 aliphatic heterocycles. The lowest BCUT2D eigenvalue weighted by Gasteiger charge is -2.09. The quantitative estimate of drug-likeness (QED) is 0.794. The fraction of sp³-hybridized carbons (Fsp3) is 0.0769. The molecule has 0 fully saturated rings. The average molecular weight is 199 g/mol. The summed E-state index contributed by atoms with van der Waals surface area (Å²) in [7, 11) is 0. The molecule has 0 saturated heterocycles. The van der Waals surface area contributed by atoms with Gasteiger partial charge in [-0.2, -0.15) is 0 Å². The van der Waals surface area contributed by atoms with Crippen LogP contribution in [0.4, 0.5) is 0 Å². The molecule has 1 aliphatic rings. The summed E-state index contributed by atoms with van der Waals surface area (Å²) in [4.78, 5) is 0. The molecule has 2 nitrogen and oxygen atoms in total. The summed E-state index contributed by atoms with van der Waals surface area (Å²) in [6.45, 7) is 0. The summed E-state index contributed by atoms with van der Waals surface area (Å²) in [5.74, 6) is 0.737. The molecule has 1 aromatic carbocycles. The van der Waals surface area contributed by atoms with Gasteiger partial charge in [0.2, 0.25) is 0 Å². The molecule has 0 bridgehead atoms. The van der Waals surface area contributed by atoms with E-state index in [2.05, 4.69) is 0 Å². The zero-order valence-electron chi connectivity index (χ0n) is 8.39. The molecule has 0 spiro atoms. The highest BCUT2D eigenvalue weighted by atomic mass is 16.5. The smallest absolute Gasteiger partial charge is 0.145 e. The van der Waals surface area contributed by atoms with E-state index in [1.54, 1.807) is 6.26 Å². The second-order valence-electron chi connectivity index (χ2n) is 3.33. The van der Waals surface area contributed by atoms with Crippen LogP contribution in [0.5, 0.6) is 0 Å². The SMILES string of the molecule is NC1=C(C=Cc2ccccc2)OC=CC1. The first-order chi connectivity index (χ1) is 7.36. The van der Waals surface area contributed by atoms with E-state index in [4.69, 9.17) is 10.5 Å². The van der Waals surface area contributed by atoms with Gasteiger partial charge < -0.3 is 10.5 Å². The summed E-state index contributed by atoms with van der Waals surface area (Å²) in [6.07, 6.45) is 8.21. The standard InChI is InChI=1S/C13H13NO/c14-12-7-4-10-15-13(12)9-8-11-5-2-1-3-6-11/h1-6,8-10H,7,14H2. The summed E-state index contributed by atoms with van der Waals surface area (Å²) in [5, 5.41) is 0. The van der Waals surface area contributed by atoms with Crippen molar-refractivity contribution in [2.75, 3.05) is 0 Å². The topological polar surface area (TPSA) is 35.2 Å². The van der Waals surface area contributed by atoms with Gasteiger partial charge in [-0.1, -0.05) is 36.4 Å². The van der Waals surface area contributed by atoms with Gasteiger partial charge in [-0.25, -0.2) is 0 Å². The largest absolute Gasteiger partial charge is 0.464 e. The third-order valence-corrected chi connectivity index (χ3v) is 2.17. The Morgan fingerprint density at radius 3 is 2.67 bits per heavy atom. The number of allylic oxidation sites excluding steroid dienone is 2. The summed E-state index contributed by atoms with van der Waals surface area (Å²) < 4.78 is 5.30. The molecule has 1 heterocycles. The van der Waals surface area contributed by atoms with Crippen LogP contribution in [0.1, 0.15) is 12.0 Å². The summed E-state index contributed by atoms with van der Waals surface area (Å²) in [6, 6.07) is 10.1. The van der Waals surface area contributed by atoms with Crippen molar-refractivity contribution in [3.05, 3.63) is 65.8 Å². The Kier molecular flexibility index (Phi) is 2.88. The molecular formula is C13H13NO. The van der Waals surface area contributed by atoms with Crippen molar-refractivity contribution in [3.8, 4) is 0 Å². The van der Waals surface area contributed by atoms with Crippen molar-refractivity contribution in [1.82, 2.24) is 0 Å². The molecule has 0 saturated carbocycles. The van der Waals surface area contributed by atoms with Crippen LogP contribution in [-0.4, -0.2) is 0 Å². The number of rotatable bonds is 2. The van der Waals surface area contributed by atoms with E-state index in [0.717, 1.165) is 23.4 Å². The van der Waals surface area contributed by atoms with Crippen LogP contribution in [0.15, 0.2) is 60.2 Å². The van der Waals surface area contributed by atoms with Crippen LogP contribution in [0, 0.1) is 0 Å². The van der Waals surface area contributed by atoms with Crippen LogP contribution < -0.4 is 5.73 Å². The van der Waals surface area contributed by atoms with E-state index in [1.165, 1.54) is 0 Å². The number of benzene rings is 1. The zero-order valence-corrected chi connectivity index (χ0v) is 8.39. The highest BCUT2D eigenvalue weighted by Crippen LogP contribution is 2.15. The van der Waals surface area contributed by atoms with Gasteiger partial charge in [0, 0.05) is 6.42 Å². The van der Waals surface area contributed by atoms with Crippen molar-refractivity contribution in [2.24, 2.45) is 5.73 Å². The molecule has 0 amide bonds. The normalized spacial score (nSPS) is 15.7. The van der Waals surface area contributed by atoms with E-state index < -0.39 is 0 Å². The minimum absolute atomic E-state index is 0.737. The van der Waals surface area contributed by atoms with Crippen molar-refractivity contribution < 1.29 is 4.74 Å². The predicted molar refractivity (Wildman–Crippen MR) is 61.5 cm³/mol. The Bertz CT molecular complexity index is 415. The fourth-order valence-corrected chi connectivity index (χ4v) is 1.36. The molecule has 2 N–H and O–H groups in total. The molecule has 0 radical (unpaired) electrons. The number of nitrogens with two attached hydrogens (primary N) is 1. The van der Waals surface area contributed by atoms with Crippen molar-refractivity contribution in [2.45, 2.75) is 6.42 Å². The second kappa shape index (κ2) is 4.51. The van der Waals surface area contributed by atoms with E-state index in [-0.39, 0.29) is 0 Å². The van der Waals surface area contributed by atoms with Crippen molar-refractivity contribution in [1.29, 1.82) is 0 Å². The maximum absolute atomic E-state index is 5.80. The Morgan fingerprint density at radius 2 is 1.93 bits per heavy atom. The molecule has 2 heteroatoms. The highest BCUT2D eigenvalue weighted by Gasteiger charge is 2.02. The van der Waals surface area contributed by atoms with E-state index in [9.17, 15) is 0 Å². The molecule has 1 aromatic rings. The van der Waals surface area contributed by atoms with Crippen molar-refractivity contribution in [3.63, 3.8) is 0 Å². The molecule has 0 atom stereocenters. The first-order valence-corrected chi connectivity index (χ1v) is 4.90. The van der Waals surface area contributed by atoms with Crippen LogP contribution in [0.3, 0.4) is 0 Å². The minimum atomic E-state index is 0.737. The molecule has 0 unspecified atom stereocenters. The third-order valence-electron chi connectivity index (χ3n) is 2.17. The minimum Gasteiger partial charge on any atom is -0.464 e. The van der Waals surface area contributed by atoms with E-state index >= 15 is 0 Å². The Labute approximate surface area is 89.4 Å². The van der Waals surface area contributed by atoms with Crippen LogP contribution >= 0.6 is 0 Å². The highest BCUT2D eigenvalue weighted by molar-refractivity contribution is 5.52. The monoisotopic (exact) mass is 199 g/mol. The maximum atomic E-state index is 5.80. The van der Waals surface area contributed by atoms with Gasteiger partial charge in [0.1, 0.15) is 5.76 Å². The second-order valence-corrected chi connectivity index (χ2v) is 3.33. The average Bonchev–Trinajstić information content (AvgIpc) is 2.29. The fourth-order valence-electron chi connectivity index (χ4n) is 1.36. The van der Waals surface area contributed by atoms with Gasteiger partial charge in [0.25, 0.3) is 0 Å². The van der Waals surface area contributed by atoms with Gasteiger partial charge in [-0.05, 0) is 17.7 Å². The lowest BCUT2D eigenvalue weighted by Crippen LogP contribution is -2.04. The lowest BCUT2D eigenvalue weighted by atomic mass is 10.2. The predicted octanol–water partition coefficient (Wildman–Crippen LogP) is 2.80. The molecule has 0 aromatic heterocycles. The van der Waals surface area contributed by atoms with Gasteiger partial charge in [0.05, 0.1) is 12.0 Å². The Hall–Kier alpha value is -1.96. The number of ether oxygens (including phenoxy) is 1. The lowest BCUT2D eigenvalue weighted by molar-refractivity contribution is 0.352. The van der Waals surface area contributed by atoms with Gasteiger partial charge >= 0.3 is 0 Å². The Morgan fingerprint density at radius 1 is 1.13 bits per heavy atom. The van der Waals surface area contributed by atoms with Gasteiger partial charge in [-0.15, -0.1) is 0 Å². The maximum Gasteiger partial charge on any atom is 0.145 e. The van der Waals surface area contributed by atoms with Gasteiger partial charge in [0.15, 0.2) is 0 Å². The van der Waals surface area contributed by atoms with Crippen LogP contribution in [0.25, 0.3) is 6.08 Å². The van der Waals surface area contributed by atoms with Crippen molar-refractivity contribution >= 4 is 6.08 Å². The third kappa shape index (κ3) is 2.50. The molecule has 0 aliphatic carbocycles. The molecule has 2 rings (SSSR count). The summed E-state index contributed by atoms with van der Waals surface area (Å²) in [5.41, 5.74) is 7.70. The Balaban J connectivity index is 2.12. The number of hydrogen-bond donors (Lipinski definition) is 1. The molecular weight excluding hydrogens is 186 g/mol. The summed E-state index contributed by atoms with van der Waals surface area (Å²) >= 11 is 0. The van der Waals surface area contributed by atoms with E-state index in [1.807, 2.05) is 48.6 Å². The van der Waals surface area contributed by atoms with Gasteiger partial charge in [-0.3, -0.25) is 0 Å². The molecule has 15 heavy (non-hydrogen) atoms. The number of hydrogen-bond acceptors (Lipinski definition) is 2. The first-order valence-electron chi connectivity index (χ1n) is 4.90. The van der Waals surface area contributed by atoms with Crippen LogP contribution in [0.2, 0.25) is 0 Å². The first kappa shape index (κ1) is 9.59. The molecule has 76 valence electrons. The van der Waals surface area contributed by atoms with E-state index in [0.29, 0.717) is 0 Å². The zero-order chi connectivity index (χ0) is 10.5. The van der Waals surface area contributed by atoms with Crippen LogP contribution in [-0.2, 0) is 4.74 Å².